The maximum absolute atomic E-state index is 7.50. The average molecular weight is 372 g/mol. The van der Waals surface area contributed by atoms with Gasteiger partial charge in [0.05, 0.1) is 0 Å². The van der Waals surface area contributed by atoms with Crippen LogP contribution in [0.5, 0.6) is 11.5 Å². The first-order valence-corrected chi connectivity index (χ1v) is 5.69. The minimum absolute atomic E-state index is 0.652. The van der Waals surface area contributed by atoms with Gasteiger partial charge in [-0.3, -0.25) is 0 Å². The van der Waals surface area contributed by atoms with E-state index in [-0.39, 0.29) is 0 Å². The molecule has 8 nitrogen and oxygen atoms in total. The van der Waals surface area contributed by atoms with E-state index in [1.165, 1.54) is 0 Å². The molecule has 0 heterocycles. The molecule has 1 aromatic rings. The third-order valence-corrected chi connectivity index (χ3v) is 2.40. The molecule has 0 atom stereocenters. The van der Waals surface area contributed by atoms with E-state index >= 15 is 0 Å². The van der Waals surface area contributed by atoms with Gasteiger partial charge >= 0.3 is 148 Å². The van der Waals surface area contributed by atoms with Gasteiger partial charge in [0, 0.05) is 0 Å². The van der Waals surface area contributed by atoms with E-state index in [2.05, 4.69) is 49.1 Å². The molecule has 1 rings (SSSR count). The Kier molecular flexibility index (Phi) is 45.7. The van der Waals surface area contributed by atoms with E-state index in [4.69, 9.17) is 37.5 Å². The molecule has 0 saturated heterocycles. The summed E-state index contributed by atoms with van der Waals surface area (Å²) in [7, 11) is 4.82. The Morgan fingerprint density at radius 1 is 0.750 bits per heavy atom. The summed E-state index contributed by atoms with van der Waals surface area (Å²) in [5.74, 6) is 1.44. The van der Waals surface area contributed by atoms with Crippen molar-refractivity contribution in [1.82, 2.24) is 0 Å². The van der Waals surface area contributed by atoms with Gasteiger partial charge < -0.3 is 0 Å². The van der Waals surface area contributed by atoms with Crippen LogP contribution in [0, 0.1) is 33.3 Å². The number of hydrogen-bond acceptors (Lipinski definition) is 3. The van der Waals surface area contributed by atoms with Crippen LogP contribution in [0.3, 0.4) is 0 Å². The second-order valence-corrected chi connectivity index (χ2v) is 3.11. The summed E-state index contributed by atoms with van der Waals surface area (Å²) >= 11 is 2.83. The zero-order chi connectivity index (χ0) is 20.6. The molecule has 126 valence electrons. The fraction of sp³-hybridized carbons (Fsp3) is 0.200. The fourth-order valence-corrected chi connectivity index (χ4v) is 1.47. The molecule has 0 aliphatic rings. The Balaban J connectivity index is -0.000000103. The molecule has 0 fully saturated rings. The molecular weight excluding hydrogens is 360 g/mol. The van der Waals surface area contributed by atoms with Gasteiger partial charge in [0.25, 0.3) is 0 Å². The summed E-state index contributed by atoms with van der Waals surface area (Å²) in [6, 6.07) is 5.58. The summed E-state index contributed by atoms with van der Waals surface area (Å²) in [6.45, 7) is 22.5. The molecule has 0 bridgehead atoms. The number of benzene rings is 1. The van der Waals surface area contributed by atoms with Crippen molar-refractivity contribution in [3.8, 4) is 11.5 Å². The van der Waals surface area contributed by atoms with E-state index in [0.29, 0.717) is 4.57 Å². The van der Waals surface area contributed by atoms with Crippen LogP contribution in [-0.2, 0) is 43.8 Å². The first-order chi connectivity index (χ1) is 11.7. The molecule has 0 aliphatic carbocycles. The topological polar surface area (TPSA) is 127 Å². The summed E-state index contributed by atoms with van der Waals surface area (Å²) in [4.78, 5) is 0. The van der Waals surface area contributed by atoms with E-state index in [0.717, 1.165) is 17.1 Å². The predicted molar refractivity (Wildman–Crippen MR) is 70.3 cm³/mol. The van der Waals surface area contributed by atoms with Crippen LogP contribution in [0.15, 0.2) is 18.2 Å². The van der Waals surface area contributed by atoms with Crippen molar-refractivity contribution >= 4 is 4.57 Å². The molecule has 0 unspecified atom stereocenters. The van der Waals surface area contributed by atoms with Crippen molar-refractivity contribution in [3.63, 3.8) is 0 Å². The minimum atomic E-state index is 0.652. The molecule has 0 saturated carbocycles. The van der Waals surface area contributed by atoms with Gasteiger partial charge in [-0.05, 0) is 0 Å². The van der Waals surface area contributed by atoms with Crippen molar-refractivity contribution < 1.29 is 53.3 Å². The number of ether oxygens (including phenoxy) is 3. The van der Waals surface area contributed by atoms with Gasteiger partial charge in [0.1, 0.15) is 0 Å². The molecule has 0 N–H and O–H groups in total. The number of hydrogen-bond donors (Lipinski definition) is 0. The molecule has 0 amide bonds. The summed E-state index contributed by atoms with van der Waals surface area (Å²) in [5.41, 5.74) is 0.806. The Labute approximate surface area is 148 Å². The molecule has 24 heavy (non-hydrogen) atoms. The Morgan fingerprint density at radius 2 is 1.04 bits per heavy atom. The summed E-state index contributed by atoms with van der Waals surface area (Å²) < 4.78 is 53.7. The monoisotopic (exact) mass is 372 g/mol. The van der Waals surface area contributed by atoms with Crippen molar-refractivity contribution in [1.29, 1.82) is 0 Å². The van der Waals surface area contributed by atoms with Gasteiger partial charge in [-0.1, -0.05) is 0 Å². The van der Waals surface area contributed by atoms with Crippen molar-refractivity contribution in [2.45, 2.75) is 0 Å². The average Bonchev–Trinajstić information content (AvgIpc) is 2.74. The fourth-order valence-electron chi connectivity index (χ4n) is 1.15. The van der Waals surface area contributed by atoms with Crippen LogP contribution >= 0.6 is 0 Å². The third-order valence-electron chi connectivity index (χ3n) is 1.82. The SMILES string of the molecule is CO[C](=[Cr])c1c(OC)cccc1OC.[C-]#[O+].[C-]#[O+].[C-]#[O+].[C-]#[O+].[C-]#[O+]. The first-order valence-electron chi connectivity index (χ1n) is 5.06. The van der Waals surface area contributed by atoms with Gasteiger partial charge in [-0.2, -0.15) is 0 Å². The quantitative estimate of drug-likeness (QED) is 0.582. The Morgan fingerprint density at radius 3 is 1.25 bits per heavy atom. The van der Waals surface area contributed by atoms with E-state index in [1.54, 1.807) is 21.3 Å². The standard InChI is InChI=1S/C10H12O3.5CO.Cr/c1-11-7-8-9(12-2)5-4-6-10(8)13-3;5*1-2;/h4-6H,1-3H3;;;;;;. The van der Waals surface area contributed by atoms with Crippen molar-refractivity contribution in [3.05, 3.63) is 57.0 Å². The second kappa shape index (κ2) is 32.7. The normalized spacial score (nSPS) is 6.04. The molecule has 0 aromatic heterocycles. The molecular formula is C15H12CrO8. The predicted octanol–water partition coefficient (Wildman–Crippen LogP) is 1.19. The van der Waals surface area contributed by atoms with Crippen LogP contribution in [0.1, 0.15) is 5.56 Å². The van der Waals surface area contributed by atoms with E-state index in [1.807, 2.05) is 18.2 Å². The van der Waals surface area contributed by atoms with Gasteiger partial charge in [-0.15, -0.1) is 0 Å². The number of methoxy groups -OCH3 is 3. The van der Waals surface area contributed by atoms with Crippen LogP contribution < -0.4 is 9.47 Å². The van der Waals surface area contributed by atoms with Gasteiger partial charge in [-0.25, -0.2) is 0 Å². The molecule has 0 aliphatic heterocycles. The van der Waals surface area contributed by atoms with Crippen molar-refractivity contribution in [2.24, 2.45) is 0 Å². The maximum atomic E-state index is 7.50. The van der Waals surface area contributed by atoms with Crippen LogP contribution in [0.2, 0.25) is 0 Å². The van der Waals surface area contributed by atoms with Crippen LogP contribution in [0.25, 0.3) is 0 Å². The zero-order valence-corrected chi connectivity index (χ0v) is 14.2. The Bertz CT molecular complexity index is 471. The van der Waals surface area contributed by atoms with E-state index < -0.39 is 0 Å². The Hall–Kier alpha value is -2.12. The molecule has 1 aromatic carbocycles. The van der Waals surface area contributed by atoms with Gasteiger partial charge in [0.2, 0.25) is 0 Å². The first kappa shape index (κ1) is 33.5. The molecule has 9 heteroatoms. The van der Waals surface area contributed by atoms with Crippen LogP contribution in [0.4, 0.5) is 0 Å². The van der Waals surface area contributed by atoms with Crippen molar-refractivity contribution in [2.75, 3.05) is 21.3 Å². The van der Waals surface area contributed by atoms with Crippen LogP contribution in [-0.4, -0.2) is 25.9 Å². The summed E-state index contributed by atoms with van der Waals surface area (Å²) in [6.07, 6.45) is 0. The number of rotatable bonds is 4. The second-order valence-electron chi connectivity index (χ2n) is 2.53. The van der Waals surface area contributed by atoms with E-state index in [9.17, 15) is 0 Å². The molecule has 0 radical (unpaired) electrons. The molecule has 0 spiro atoms. The zero-order valence-electron chi connectivity index (χ0n) is 12.9. The third kappa shape index (κ3) is 14.8. The summed E-state index contributed by atoms with van der Waals surface area (Å²) in [5, 5.41) is 0. The van der Waals surface area contributed by atoms with Gasteiger partial charge in [0.15, 0.2) is 0 Å².